The summed E-state index contributed by atoms with van der Waals surface area (Å²) in [4.78, 5) is 4.19. The van der Waals surface area contributed by atoms with Crippen molar-refractivity contribution in [1.29, 1.82) is 0 Å². The molecule has 0 bridgehead atoms. The van der Waals surface area contributed by atoms with Gasteiger partial charge in [-0.2, -0.15) is 13.2 Å². The number of hydrogen-bond acceptors (Lipinski definition) is 3. The molecule has 1 aliphatic rings. The van der Waals surface area contributed by atoms with Crippen molar-refractivity contribution in [1.82, 2.24) is 10.6 Å². The molecule has 1 saturated heterocycles. The normalized spacial score (nSPS) is 16.5. The minimum atomic E-state index is -4.31. The molecule has 0 aromatic heterocycles. The second-order valence-corrected chi connectivity index (χ2v) is 7.72. The number of hydrogen-bond donors (Lipinski definition) is 2. The van der Waals surface area contributed by atoms with E-state index in [-0.39, 0.29) is 29.9 Å². The first-order valence-electron chi connectivity index (χ1n) is 10.7. The van der Waals surface area contributed by atoms with E-state index in [9.17, 15) is 13.2 Å². The van der Waals surface area contributed by atoms with Gasteiger partial charge in [-0.05, 0) is 49.1 Å². The Kier molecular flexibility index (Phi) is 13.4. The molecule has 5 nitrogen and oxygen atoms in total. The molecule has 0 saturated carbocycles. The van der Waals surface area contributed by atoms with Crippen LogP contribution < -0.4 is 10.6 Å². The second kappa shape index (κ2) is 14.9. The van der Waals surface area contributed by atoms with Gasteiger partial charge in [0.05, 0.1) is 5.56 Å². The molecule has 1 aliphatic heterocycles. The molecule has 0 radical (unpaired) electrons. The van der Waals surface area contributed by atoms with Crippen LogP contribution in [0.5, 0.6) is 0 Å². The van der Waals surface area contributed by atoms with Gasteiger partial charge in [-0.15, -0.1) is 24.0 Å². The fraction of sp³-hybridized carbons (Fsp3) is 0.682. The third-order valence-corrected chi connectivity index (χ3v) is 5.33. The zero-order valence-electron chi connectivity index (χ0n) is 18.3. The highest BCUT2D eigenvalue weighted by atomic mass is 127. The lowest BCUT2D eigenvalue weighted by Gasteiger charge is -2.21. The minimum Gasteiger partial charge on any atom is -0.381 e. The van der Waals surface area contributed by atoms with Crippen molar-refractivity contribution in [2.75, 3.05) is 46.6 Å². The molecule has 1 aromatic carbocycles. The van der Waals surface area contributed by atoms with Gasteiger partial charge in [0.25, 0.3) is 0 Å². The highest BCUT2D eigenvalue weighted by Gasteiger charge is 2.30. The van der Waals surface area contributed by atoms with Gasteiger partial charge in [0.15, 0.2) is 5.96 Å². The van der Waals surface area contributed by atoms with Crippen molar-refractivity contribution in [3.63, 3.8) is 0 Å². The molecule has 1 unspecified atom stereocenters. The molecular weight excluding hydrogens is 522 g/mol. The molecule has 1 atom stereocenters. The van der Waals surface area contributed by atoms with E-state index in [2.05, 4.69) is 15.6 Å². The van der Waals surface area contributed by atoms with Gasteiger partial charge in [-0.3, -0.25) is 4.99 Å². The summed E-state index contributed by atoms with van der Waals surface area (Å²) < 4.78 is 49.7. The van der Waals surface area contributed by atoms with Gasteiger partial charge in [0.1, 0.15) is 0 Å². The fourth-order valence-electron chi connectivity index (χ4n) is 3.36. The van der Waals surface area contributed by atoms with Gasteiger partial charge in [0.2, 0.25) is 0 Å². The molecule has 1 fully saturated rings. The molecule has 9 heteroatoms. The van der Waals surface area contributed by atoms with Crippen LogP contribution in [0.1, 0.15) is 49.7 Å². The van der Waals surface area contributed by atoms with Gasteiger partial charge < -0.3 is 20.1 Å². The van der Waals surface area contributed by atoms with Crippen LogP contribution in [0.4, 0.5) is 13.2 Å². The zero-order chi connectivity index (χ0) is 21.8. The summed E-state index contributed by atoms with van der Waals surface area (Å²) in [6.07, 6.45) is -0.573. The lowest BCUT2D eigenvalue weighted by molar-refractivity contribution is -0.137. The summed E-state index contributed by atoms with van der Waals surface area (Å²) in [7, 11) is 1.70. The zero-order valence-corrected chi connectivity index (χ0v) is 20.7. The molecule has 178 valence electrons. The number of benzene rings is 1. The monoisotopic (exact) mass is 557 g/mol. The average molecular weight is 557 g/mol. The van der Waals surface area contributed by atoms with Crippen LogP contribution in [0, 0.1) is 5.92 Å². The number of aliphatic imine (C=N–C) groups is 1. The number of guanidine groups is 1. The van der Waals surface area contributed by atoms with Crippen LogP contribution in [0.3, 0.4) is 0 Å². The Labute approximate surface area is 200 Å². The number of nitrogens with zero attached hydrogens (tertiary/aromatic N) is 1. The number of rotatable bonds is 10. The Morgan fingerprint density at radius 1 is 1.23 bits per heavy atom. The predicted octanol–water partition coefficient (Wildman–Crippen LogP) is 4.82. The standard InChI is InChI=1S/C22H34F3N3O2.HI/c1-17(19-5-3-6-20(15-19)22(23,24)25)7-11-28-21(26-2)27-10-4-12-30-16-18-8-13-29-14-9-18;/h3,5-6,15,17-18H,4,7-14,16H2,1-2H3,(H2,26,27,28);1H. The second-order valence-electron chi connectivity index (χ2n) is 7.72. The van der Waals surface area contributed by atoms with Crippen LogP contribution in [0.2, 0.25) is 0 Å². The third-order valence-electron chi connectivity index (χ3n) is 5.33. The Hall–Kier alpha value is -1.07. The first-order chi connectivity index (χ1) is 14.4. The van der Waals surface area contributed by atoms with E-state index in [1.54, 1.807) is 13.1 Å². The summed E-state index contributed by atoms with van der Waals surface area (Å²) >= 11 is 0. The summed E-state index contributed by atoms with van der Waals surface area (Å²) in [5, 5.41) is 6.46. The summed E-state index contributed by atoms with van der Waals surface area (Å²) in [6, 6.07) is 5.55. The maximum Gasteiger partial charge on any atom is 0.416 e. The maximum atomic E-state index is 12.9. The lowest BCUT2D eigenvalue weighted by Crippen LogP contribution is -2.38. The number of alkyl halides is 3. The SMILES string of the molecule is CN=C(NCCCOCC1CCOCC1)NCCC(C)c1cccc(C(F)(F)F)c1.I. The summed E-state index contributed by atoms with van der Waals surface area (Å²) in [5.74, 6) is 1.31. The Balaban J connectivity index is 0.00000480. The van der Waals surface area contributed by atoms with Gasteiger partial charge >= 0.3 is 6.18 Å². The third kappa shape index (κ3) is 10.9. The van der Waals surface area contributed by atoms with Crippen LogP contribution in [-0.2, 0) is 15.7 Å². The summed E-state index contributed by atoms with van der Waals surface area (Å²) in [6.45, 7) is 6.47. The topological polar surface area (TPSA) is 54.9 Å². The molecule has 2 rings (SSSR count). The van der Waals surface area contributed by atoms with Gasteiger partial charge in [0, 0.05) is 46.6 Å². The van der Waals surface area contributed by atoms with E-state index in [1.165, 1.54) is 12.1 Å². The van der Waals surface area contributed by atoms with Crippen LogP contribution >= 0.6 is 24.0 Å². The van der Waals surface area contributed by atoms with Crippen molar-refractivity contribution in [2.24, 2.45) is 10.9 Å². The highest BCUT2D eigenvalue weighted by Crippen LogP contribution is 2.31. The van der Waals surface area contributed by atoms with Crippen molar-refractivity contribution < 1.29 is 22.6 Å². The van der Waals surface area contributed by atoms with Crippen LogP contribution in [0.25, 0.3) is 0 Å². The average Bonchev–Trinajstić information content (AvgIpc) is 2.75. The van der Waals surface area contributed by atoms with E-state index in [4.69, 9.17) is 9.47 Å². The predicted molar refractivity (Wildman–Crippen MR) is 128 cm³/mol. The van der Waals surface area contributed by atoms with Gasteiger partial charge in [-0.25, -0.2) is 0 Å². The van der Waals surface area contributed by atoms with Crippen LogP contribution in [-0.4, -0.2) is 52.5 Å². The van der Waals surface area contributed by atoms with Crippen LogP contribution in [0.15, 0.2) is 29.3 Å². The van der Waals surface area contributed by atoms with Gasteiger partial charge in [-0.1, -0.05) is 25.1 Å². The van der Waals surface area contributed by atoms with E-state index < -0.39 is 11.7 Å². The fourth-order valence-corrected chi connectivity index (χ4v) is 3.36. The van der Waals surface area contributed by atoms with E-state index in [0.29, 0.717) is 37.0 Å². The van der Waals surface area contributed by atoms with E-state index in [0.717, 1.165) is 51.7 Å². The Morgan fingerprint density at radius 3 is 2.61 bits per heavy atom. The largest absolute Gasteiger partial charge is 0.416 e. The molecule has 31 heavy (non-hydrogen) atoms. The van der Waals surface area contributed by atoms with Crippen molar-refractivity contribution in [3.05, 3.63) is 35.4 Å². The molecule has 0 spiro atoms. The molecule has 1 aromatic rings. The highest BCUT2D eigenvalue weighted by molar-refractivity contribution is 14.0. The Morgan fingerprint density at radius 2 is 1.94 bits per heavy atom. The first-order valence-corrected chi connectivity index (χ1v) is 10.7. The Bertz CT molecular complexity index is 653. The van der Waals surface area contributed by atoms with E-state index in [1.807, 2.05) is 6.92 Å². The van der Waals surface area contributed by atoms with E-state index >= 15 is 0 Å². The quantitative estimate of drug-likeness (QED) is 0.188. The first kappa shape index (κ1) is 28.0. The molecule has 1 heterocycles. The van der Waals surface area contributed by atoms with Crippen molar-refractivity contribution in [2.45, 2.75) is 44.7 Å². The number of halogens is 4. The lowest BCUT2D eigenvalue weighted by atomic mass is 9.96. The molecular formula is C22H35F3IN3O2. The van der Waals surface area contributed by atoms with Crippen molar-refractivity contribution >= 4 is 29.9 Å². The molecule has 0 aliphatic carbocycles. The number of ether oxygens (including phenoxy) is 2. The molecule has 2 N–H and O–H groups in total. The minimum absolute atomic E-state index is 0. The maximum absolute atomic E-state index is 12.9. The summed E-state index contributed by atoms with van der Waals surface area (Å²) in [5.41, 5.74) is 0.0903. The molecule has 0 amide bonds. The smallest absolute Gasteiger partial charge is 0.381 e. The number of nitrogens with one attached hydrogen (secondary N) is 2. The van der Waals surface area contributed by atoms with Crippen molar-refractivity contribution in [3.8, 4) is 0 Å².